The predicted molar refractivity (Wildman–Crippen MR) is 156 cm³/mol. The van der Waals surface area contributed by atoms with Gasteiger partial charge in [0.15, 0.2) is 6.61 Å². The molecule has 0 aliphatic heterocycles. The number of amides is 2. The van der Waals surface area contributed by atoms with Crippen molar-refractivity contribution in [1.29, 1.82) is 0 Å². The van der Waals surface area contributed by atoms with Gasteiger partial charge in [0.25, 0.3) is 5.91 Å². The molecular weight excluding hydrogens is 596 g/mol. The molecule has 5 nitrogen and oxygen atoms in total. The minimum absolute atomic E-state index is 0.00196. The van der Waals surface area contributed by atoms with Gasteiger partial charge in [-0.25, -0.2) is 0 Å². The molecule has 7 heteroatoms. The van der Waals surface area contributed by atoms with Crippen LogP contribution in [0.1, 0.15) is 43.9 Å². The lowest BCUT2D eigenvalue weighted by atomic mass is 10.0. The summed E-state index contributed by atoms with van der Waals surface area (Å²) in [7, 11) is 0. The minimum atomic E-state index is -0.697. The van der Waals surface area contributed by atoms with Crippen LogP contribution in [-0.4, -0.2) is 35.4 Å². The first-order chi connectivity index (χ1) is 17.8. The summed E-state index contributed by atoms with van der Waals surface area (Å²) in [5.74, 6) is 0.165. The van der Waals surface area contributed by atoms with Crippen molar-refractivity contribution in [1.82, 2.24) is 10.2 Å². The van der Waals surface area contributed by atoms with E-state index in [0.29, 0.717) is 12.2 Å². The molecule has 0 saturated carbocycles. The number of hydrogen-bond donors (Lipinski definition) is 1. The Morgan fingerprint density at radius 2 is 1.65 bits per heavy atom. The second-order valence-corrected chi connectivity index (χ2v) is 10.9. The number of rotatable bonds is 12. The zero-order valence-electron chi connectivity index (χ0n) is 21.5. The van der Waals surface area contributed by atoms with E-state index in [9.17, 15) is 9.59 Å². The number of ether oxygens (including phenoxy) is 1. The number of nitrogens with one attached hydrogen (secondary N) is 1. The first-order valence-electron chi connectivity index (χ1n) is 12.6. The second-order valence-electron chi connectivity index (χ2n) is 9.08. The van der Waals surface area contributed by atoms with E-state index in [1.54, 1.807) is 4.90 Å². The van der Waals surface area contributed by atoms with E-state index in [4.69, 9.17) is 4.74 Å². The molecule has 37 heavy (non-hydrogen) atoms. The fourth-order valence-corrected chi connectivity index (χ4v) is 4.92. The fraction of sp³-hybridized carbons (Fsp3) is 0.333. The highest BCUT2D eigenvalue weighted by Crippen LogP contribution is 2.26. The van der Waals surface area contributed by atoms with Gasteiger partial charge in [-0.3, -0.25) is 9.59 Å². The van der Waals surface area contributed by atoms with Crippen LogP contribution < -0.4 is 10.1 Å². The Hall–Kier alpha value is -2.64. The lowest BCUT2D eigenvalue weighted by molar-refractivity contribution is -0.143. The zero-order valence-corrected chi connectivity index (χ0v) is 24.7. The molecule has 3 aromatic carbocycles. The highest BCUT2D eigenvalue weighted by atomic mass is 79.9. The lowest BCUT2D eigenvalue weighted by Crippen LogP contribution is -2.53. The third kappa shape index (κ3) is 8.71. The van der Waals surface area contributed by atoms with Gasteiger partial charge in [0.2, 0.25) is 5.91 Å². The minimum Gasteiger partial charge on any atom is -0.483 e. The molecule has 1 N–H and O–H groups in total. The molecule has 0 bridgehead atoms. The number of benzene rings is 3. The van der Waals surface area contributed by atoms with Crippen LogP contribution in [0.4, 0.5) is 0 Å². The Morgan fingerprint density at radius 3 is 2.30 bits per heavy atom. The van der Waals surface area contributed by atoms with Crippen LogP contribution in [0.2, 0.25) is 0 Å². The van der Waals surface area contributed by atoms with Crippen molar-refractivity contribution in [3.05, 3.63) is 98.4 Å². The number of hydrogen-bond acceptors (Lipinski definition) is 3. The van der Waals surface area contributed by atoms with E-state index in [1.165, 1.54) is 5.56 Å². The molecule has 0 aliphatic carbocycles. The van der Waals surface area contributed by atoms with Crippen LogP contribution in [-0.2, 0) is 29.0 Å². The van der Waals surface area contributed by atoms with Crippen LogP contribution in [0.3, 0.4) is 0 Å². The summed E-state index contributed by atoms with van der Waals surface area (Å²) in [5.41, 5.74) is 3.08. The van der Waals surface area contributed by atoms with Gasteiger partial charge in [-0.1, -0.05) is 78.3 Å². The number of nitrogens with zero attached hydrogens (tertiary/aromatic N) is 1. The highest BCUT2D eigenvalue weighted by molar-refractivity contribution is 9.10. The maximum atomic E-state index is 13.7. The van der Waals surface area contributed by atoms with E-state index < -0.39 is 6.04 Å². The van der Waals surface area contributed by atoms with Gasteiger partial charge < -0.3 is 15.0 Å². The molecule has 0 spiro atoms. The Labute approximate surface area is 236 Å². The topological polar surface area (TPSA) is 58.6 Å². The Balaban J connectivity index is 1.92. The van der Waals surface area contributed by atoms with Gasteiger partial charge >= 0.3 is 0 Å². The maximum Gasteiger partial charge on any atom is 0.261 e. The molecule has 2 unspecified atom stereocenters. The summed E-state index contributed by atoms with van der Waals surface area (Å²) in [6, 6.07) is 22.7. The van der Waals surface area contributed by atoms with Gasteiger partial charge in [-0.05, 0) is 76.7 Å². The maximum absolute atomic E-state index is 13.7. The molecular formula is C30H34Br2N2O3. The molecule has 3 rings (SSSR count). The van der Waals surface area contributed by atoms with Crippen molar-refractivity contribution in [2.45, 2.75) is 58.7 Å². The molecule has 0 fully saturated rings. The van der Waals surface area contributed by atoms with Crippen molar-refractivity contribution in [3.63, 3.8) is 0 Å². The SMILES string of the molecule is CCc1ccc(OCC(=O)N(Cc2cccc(Br)c2)C(Cc2ccccc2)C(=O)NC(C)CC)c(Br)c1. The summed E-state index contributed by atoms with van der Waals surface area (Å²) < 4.78 is 7.66. The summed E-state index contributed by atoms with van der Waals surface area (Å²) in [6.07, 6.45) is 2.11. The Morgan fingerprint density at radius 1 is 0.919 bits per heavy atom. The largest absolute Gasteiger partial charge is 0.483 e. The van der Waals surface area contributed by atoms with E-state index in [1.807, 2.05) is 86.6 Å². The van der Waals surface area contributed by atoms with Crippen molar-refractivity contribution >= 4 is 43.7 Å². The monoisotopic (exact) mass is 628 g/mol. The first kappa shape index (κ1) is 28.9. The van der Waals surface area contributed by atoms with Crippen molar-refractivity contribution in [2.75, 3.05) is 6.61 Å². The molecule has 0 radical (unpaired) electrons. The Bertz CT molecular complexity index is 1190. The molecule has 2 amide bonds. The number of halogens is 2. The van der Waals surface area contributed by atoms with Gasteiger partial charge in [0, 0.05) is 23.5 Å². The average molecular weight is 630 g/mol. The third-order valence-corrected chi connectivity index (χ3v) is 7.38. The van der Waals surface area contributed by atoms with Crippen LogP contribution >= 0.6 is 31.9 Å². The Kier molecular flexibility index (Phi) is 11.2. The second kappa shape index (κ2) is 14.3. The molecule has 2 atom stereocenters. The van der Waals surface area contributed by atoms with E-state index >= 15 is 0 Å². The molecule has 0 saturated heterocycles. The lowest BCUT2D eigenvalue weighted by Gasteiger charge is -2.32. The fourth-order valence-electron chi connectivity index (χ4n) is 3.93. The normalized spacial score (nSPS) is 12.5. The average Bonchev–Trinajstić information content (AvgIpc) is 2.90. The van der Waals surface area contributed by atoms with Gasteiger partial charge in [0.1, 0.15) is 11.8 Å². The van der Waals surface area contributed by atoms with E-state index in [0.717, 1.165) is 32.9 Å². The van der Waals surface area contributed by atoms with Crippen molar-refractivity contribution < 1.29 is 14.3 Å². The van der Waals surface area contributed by atoms with Crippen molar-refractivity contribution in [2.24, 2.45) is 0 Å². The van der Waals surface area contributed by atoms with E-state index in [2.05, 4.69) is 44.1 Å². The van der Waals surface area contributed by atoms with Crippen LogP contribution in [0.15, 0.2) is 81.7 Å². The van der Waals surface area contributed by atoms with Crippen LogP contribution in [0.25, 0.3) is 0 Å². The quantitative estimate of drug-likeness (QED) is 0.242. The predicted octanol–water partition coefficient (Wildman–Crippen LogP) is 6.71. The van der Waals surface area contributed by atoms with Crippen LogP contribution in [0, 0.1) is 0 Å². The summed E-state index contributed by atoms with van der Waals surface area (Å²) in [5, 5.41) is 3.09. The molecule has 196 valence electrons. The molecule has 0 heterocycles. The smallest absolute Gasteiger partial charge is 0.261 e. The number of carbonyl (C=O) groups excluding carboxylic acids is 2. The number of carbonyl (C=O) groups is 2. The van der Waals surface area contributed by atoms with Crippen LogP contribution in [0.5, 0.6) is 5.75 Å². The van der Waals surface area contributed by atoms with Gasteiger partial charge in [-0.2, -0.15) is 0 Å². The van der Waals surface area contributed by atoms with Crippen molar-refractivity contribution in [3.8, 4) is 5.75 Å². The summed E-state index contributed by atoms with van der Waals surface area (Å²) in [6.45, 7) is 6.18. The zero-order chi connectivity index (χ0) is 26.8. The van der Waals surface area contributed by atoms with E-state index in [-0.39, 0.29) is 31.0 Å². The highest BCUT2D eigenvalue weighted by Gasteiger charge is 2.31. The molecule has 0 aliphatic rings. The molecule has 0 aromatic heterocycles. The standard InChI is InChI=1S/C30H34Br2N2O3/c1-4-21(3)33-30(36)27(18-23-10-7-6-8-11-23)34(19-24-12-9-13-25(31)16-24)29(35)20-37-28-15-14-22(5-2)17-26(28)32/h6-17,21,27H,4-5,18-20H2,1-3H3,(H,33,36). The number of aryl methyl sites for hydroxylation is 1. The summed E-state index contributed by atoms with van der Waals surface area (Å²) >= 11 is 7.07. The summed E-state index contributed by atoms with van der Waals surface area (Å²) in [4.78, 5) is 28.9. The van der Waals surface area contributed by atoms with Gasteiger partial charge in [-0.15, -0.1) is 0 Å². The van der Waals surface area contributed by atoms with Gasteiger partial charge in [0.05, 0.1) is 4.47 Å². The third-order valence-electron chi connectivity index (χ3n) is 6.27. The molecule has 3 aromatic rings. The first-order valence-corrected chi connectivity index (χ1v) is 14.2.